The van der Waals surface area contributed by atoms with Crippen molar-refractivity contribution >= 4 is 11.7 Å². The summed E-state index contributed by atoms with van der Waals surface area (Å²) < 4.78 is 5.28. The number of rotatable bonds is 4. The highest BCUT2D eigenvalue weighted by molar-refractivity contribution is 5.94. The van der Waals surface area contributed by atoms with Crippen molar-refractivity contribution in [2.75, 3.05) is 32.1 Å². The van der Waals surface area contributed by atoms with Crippen LogP contribution < -0.4 is 9.64 Å². The minimum absolute atomic E-state index is 0.0135. The van der Waals surface area contributed by atoms with Crippen molar-refractivity contribution in [1.82, 2.24) is 19.9 Å². The molecule has 0 N–H and O–H groups in total. The van der Waals surface area contributed by atoms with Crippen LogP contribution in [0.3, 0.4) is 0 Å². The van der Waals surface area contributed by atoms with Gasteiger partial charge in [-0.25, -0.2) is 9.97 Å². The zero-order valence-electron chi connectivity index (χ0n) is 14.1. The number of amides is 1. The molecule has 126 valence electrons. The third-order valence-corrected chi connectivity index (χ3v) is 4.33. The van der Waals surface area contributed by atoms with Crippen LogP contribution in [0.1, 0.15) is 22.5 Å². The van der Waals surface area contributed by atoms with Crippen LogP contribution in [-0.4, -0.2) is 59.0 Å². The van der Waals surface area contributed by atoms with E-state index in [0.717, 1.165) is 24.5 Å². The average Bonchev–Trinajstić information content (AvgIpc) is 3.11. The van der Waals surface area contributed by atoms with E-state index in [1.165, 1.54) is 0 Å². The Morgan fingerprint density at radius 1 is 1.29 bits per heavy atom. The van der Waals surface area contributed by atoms with Gasteiger partial charge in [0.15, 0.2) is 5.82 Å². The Morgan fingerprint density at radius 2 is 2.08 bits per heavy atom. The number of hydrogen-bond acceptors (Lipinski definition) is 6. The molecule has 1 fully saturated rings. The number of pyridine rings is 1. The van der Waals surface area contributed by atoms with Crippen molar-refractivity contribution in [3.63, 3.8) is 0 Å². The Morgan fingerprint density at radius 3 is 2.79 bits per heavy atom. The van der Waals surface area contributed by atoms with Gasteiger partial charge in [0.2, 0.25) is 0 Å². The first-order chi connectivity index (χ1) is 11.6. The zero-order chi connectivity index (χ0) is 17.1. The maximum Gasteiger partial charge on any atom is 0.257 e. The summed E-state index contributed by atoms with van der Waals surface area (Å²) in [7, 11) is 3.42. The second kappa shape index (κ2) is 6.82. The molecule has 2 aromatic heterocycles. The fourth-order valence-corrected chi connectivity index (χ4v) is 2.89. The molecule has 0 spiro atoms. The quantitative estimate of drug-likeness (QED) is 0.848. The fraction of sp³-hybridized carbons (Fsp3) is 0.412. The van der Waals surface area contributed by atoms with Crippen molar-refractivity contribution < 1.29 is 9.53 Å². The van der Waals surface area contributed by atoms with Crippen molar-refractivity contribution in [2.45, 2.75) is 19.4 Å². The van der Waals surface area contributed by atoms with Crippen molar-refractivity contribution in [2.24, 2.45) is 0 Å². The van der Waals surface area contributed by atoms with Gasteiger partial charge in [0.05, 0.1) is 18.7 Å². The van der Waals surface area contributed by atoms with Crippen molar-refractivity contribution in [3.8, 4) is 5.88 Å². The summed E-state index contributed by atoms with van der Waals surface area (Å²) in [5.74, 6) is 1.22. The summed E-state index contributed by atoms with van der Waals surface area (Å²) in [5.41, 5.74) is 1.51. The number of hydrogen-bond donors (Lipinski definition) is 0. The lowest BCUT2D eigenvalue weighted by molar-refractivity contribution is 0.0744. The number of carbonyl (C=O) groups is 1. The number of nitrogens with zero attached hydrogens (tertiary/aromatic N) is 5. The van der Waals surface area contributed by atoms with E-state index in [1.54, 1.807) is 30.6 Å². The highest BCUT2D eigenvalue weighted by atomic mass is 16.5. The molecule has 3 heterocycles. The van der Waals surface area contributed by atoms with Crippen LogP contribution in [0.15, 0.2) is 30.7 Å². The Labute approximate surface area is 141 Å². The molecule has 1 atom stereocenters. The second-order valence-corrected chi connectivity index (χ2v) is 5.88. The van der Waals surface area contributed by atoms with E-state index >= 15 is 0 Å². The number of likely N-dealkylation sites (N-methyl/N-ethyl adjacent to an activating group) is 1. The van der Waals surface area contributed by atoms with Gasteiger partial charge in [-0.3, -0.25) is 9.78 Å². The smallest absolute Gasteiger partial charge is 0.257 e. The summed E-state index contributed by atoms with van der Waals surface area (Å²) in [6.07, 6.45) is 5.77. The molecule has 24 heavy (non-hydrogen) atoms. The average molecular weight is 327 g/mol. The normalized spacial score (nSPS) is 17.0. The fourth-order valence-electron chi connectivity index (χ4n) is 2.89. The van der Waals surface area contributed by atoms with Gasteiger partial charge in [-0.05, 0) is 25.5 Å². The van der Waals surface area contributed by atoms with E-state index in [2.05, 4.69) is 19.9 Å². The number of aryl methyl sites for hydroxylation is 1. The monoisotopic (exact) mass is 327 g/mol. The standard InChI is InChI=1S/C17H21N5O2/c1-12-4-5-13(10-20-12)17(23)21(2)14-6-9-22(11-14)15-16(24-3)19-8-7-18-15/h4-5,7-8,10,14H,6,9,11H2,1-3H3/t14-/m0/s1. The molecule has 1 aliphatic heterocycles. The van der Waals surface area contributed by atoms with Gasteiger partial charge in [-0.15, -0.1) is 0 Å². The molecule has 0 bridgehead atoms. The SMILES string of the molecule is COc1nccnc1N1CC[C@H](N(C)C(=O)c2ccc(C)nc2)C1. The third kappa shape index (κ3) is 3.15. The minimum atomic E-state index is -0.0135. The van der Waals surface area contributed by atoms with Gasteiger partial charge in [0.25, 0.3) is 11.8 Å². The van der Waals surface area contributed by atoms with Gasteiger partial charge in [0.1, 0.15) is 0 Å². The zero-order valence-corrected chi connectivity index (χ0v) is 14.1. The molecule has 0 aromatic carbocycles. The molecular formula is C17H21N5O2. The van der Waals surface area contributed by atoms with E-state index in [-0.39, 0.29) is 11.9 Å². The van der Waals surface area contributed by atoms with Crippen LogP contribution in [0.2, 0.25) is 0 Å². The lowest BCUT2D eigenvalue weighted by Gasteiger charge is -2.25. The summed E-state index contributed by atoms with van der Waals surface area (Å²) in [4.78, 5) is 29.3. The van der Waals surface area contributed by atoms with E-state index in [1.807, 2.05) is 26.1 Å². The maximum absolute atomic E-state index is 12.6. The van der Waals surface area contributed by atoms with Gasteiger partial charge < -0.3 is 14.5 Å². The van der Waals surface area contributed by atoms with Gasteiger partial charge in [-0.1, -0.05) is 0 Å². The highest BCUT2D eigenvalue weighted by Crippen LogP contribution is 2.27. The number of carbonyl (C=O) groups excluding carboxylic acids is 1. The predicted molar refractivity (Wildman–Crippen MR) is 90.3 cm³/mol. The van der Waals surface area contributed by atoms with Crippen molar-refractivity contribution in [3.05, 3.63) is 42.0 Å². The van der Waals surface area contributed by atoms with Gasteiger partial charge >= 0.3 is 0 Å². The Kier molecular flexibility index (Phi) is 4.59. The Hall–Kier alpha value is -2.70. The van der Waals surface area contributed by atoms with Crippen molar-refractivity contribution in [1.29, 1.82) is 0 Å². The van der Waals surface area contributed by atoms with Crippen LogP contribution >= 0.6 is 0 Å². The molecule has 2 aromatic rings. The first-order valence-corrected chi connectivity index (χ1v) is 7.90. The highest BCUT2D eigenvalue weighted by Gasteiger charge is 2.31. The largest absolute Gasteiger partial charge is 0.478 e. The molecule has 0 saturated carbocycles. The Bertz CT molecular complexity index is 719. The minimum Gasteiger partial charge on any atom is -0.478 e. The summed E-state index contributed by atoms with van der Waals surface area (Å²) >= 11 is 0. The first kappa shape index (κ1) is 16.2. The van der Waals surface area contributed by atoms with E-state index in [4.69, 9.17) is 4.74 Å². The second-order valence-electron chi connectivity index (χ2n) is 5.88. The van der Waals surface area contributed by atoms with Crippen LogP contribution in [0.5, 0.6) is 5.88 Å². The summed E-state index contributed by atoms with van der Waals surface area (Å²) in [6, 6.07) is 3.79. The van der Waals surface area contributed by atoms with Gasteiger partial charge in [-0.2, -0.15) is 0 Å². The molecule has 3 rings (SSSR count). The van der Waals surface area contributed by atoms with E-state index in [9.17, 15) is 4.79 Å². The van der Waals surface area contributed by atoms with Gasteiger partial charge in [0, 0.05) is 44.4 Å². The molecule has 0 radical (unpaired) electrons. The molecule has 7 heteroatoms. The molecule has 1 amide bonds. The number of aromatic nitrogens is 3. The topological polar surface area (TPSA) is 71.5 Å². The van der Waals surface area contributed by atoms with Crippen LogP contribution in [0, 0.1) is 6.92 Å². The molecule has 7 nitrogen and oxygen atoms in total. The summed E-state index contributed by atoms with van der Waals surface area (Å²) in [6.45, 7) is 3.42. The molecule has 0 aliphatic carbocycles. The predicted octanol–water partition coefficient (Wildman–Crippen LogP) is 1.54. The Balaban J connectivity index is 1.70. The summed E-state index contributed by atoms with van der Waals surface area (Å²) in [5, 5.41) is 0. The molecule has 0 unspecified atom stereocenters. The van der Waals surface area contributed by atoms with Crippen LogP contribution in [0.25, 0.3) is 0 Å². The first-order valence-electron chi connectivity index (χ1n) is 7.90. The number of ether oxygens (including phenoxy) is 1. The third-order valence-electron chi connectivity index (χ3n) is 4.33. The molecule has 1 aliphatic rings. The lowest BCUT2D eigenvalue weighted by atomic mass is 10.2. The molecule has 1 saturated heterocycles. The molecular weight excluding hydrogens is 306 g/mol. The number of anilines is 1. The van der Waals surface area contributed by atoms with E-state index in [0.29, 0.717) is 18.0 Å². The maximum atomic E-state index is 12.6. The van der Waals surface area contributed by atoms with Crippen LogP contribution in [-0.2, 0) is 0 Å². The number of methoxy groups -OCH3 is 1. The van der Waals surface area contributed by atoms with E-state index < -0.39 is 0 Å². The lowest BCUT2D eigenvalue weighted by Crippen LogP contribution is -2.39. The van der Waals surface area contributed by atoms with Crippen LogP contribution in [0.4, 0.5) is 5.82 Å².